The Kier molecular flexibility index (Phi) is 5.47. The van der Waals surface area contributed by atoms with Crippen LogP contribution in [0.2, 0.25) is 5.02 Å². The first-order valence-electron chi connectivity index (χ1n) is 10.1. The monoisotopic (exact) mass is 459 g/mol. The number of benzene rings is 2. The van der Waals surface area contributed by atoms with Crippen LogP contribution in [0.15, 0.2) is 90.3 Å². The van der Waals surface area contributed by atoms with E-state index in [9.17, 15) is 9.90 Å². The Morgan fingerprint density at radius 2 is 1.88 bits per heavy atom. The molecule has 0 aliphatic carbocycles. The normalized spacial score (nSPS) is 15.6. The van der Waals surface area contributed by atoms with E-state index in [1.165, 1.54) is 16.3 Å². The first-order chi connectivity index (χ1) is 15.6. The van der Waals surface area contributed by atoms with E-state index in [2.05, 4.69) is 10.1 Å². The third kappa shape index (κ3) is 3.90. The predicted octanol–water partition coefficient (Wildman–Crippen LogP) is 6.16. The van der Waals surface area contributed by atoms with Crippen molar-refractivity contribution in [1.29, 1.82) is 0 Å². The average Bonchev–Trinajstić information content (AvgIpc) is 3.48. The van der Waals surface area contributed by atoms with E-state index < -0.39 is 6.04 Å². The molecular formula is C25H18ClN3O2S. The molecule has 4 aromatic rings. The number of thiophene rings is 1. The summed E-state index contributed by atoms with van der Waals surface area (Å²) in [6.07, 6.45) is 3.92. The van der Waals surface area contributed by atoms with Crippen molar-refractivity contribution in [1.82, 2.24) is 9.99 Å². The Balaban J connectivity index is 1.52. The SMILES string of the molecule is O=C(c1ccc(-c2cccc(Cl)c2)s1)N1N=C(c2cccnc2)CC1c1ccccc1O. The van der Waals surface area contributed by atoms with Crippen LogP contribution in [0.25, 0.3) is 10.4 Å². The van der Waals surface area contributed by atoms with Gasteiger partial charge in [0, 0.05) is 39.8 Å². The average molecular weight is 460 g/mol. The van der Waals surface area contributed by atoms with Crippen LogP contribution in [0, 0.1) is 0 Å². The van der Waals surface area contributed by atoms with Gasteiger partial charge in [-0.2, -0.15) is 5.10 Å². The molecule has 5 rings (SSSR count). The first kappa shape index (κ1) is 20.4. The minimum absolute atomic E-state index is 0.142. The minimum atomic E-state index is -0.407. The highest BCUT2D eigenvalue weighted by molar-refractivity contribution is 7.17. The van der Waals surface area contributed by atoms with Crippen molar-refractivity contribution in [2.75, 3.05) is 0 Å². The number of carbonyl (C=O) groups is 1. The van der Waals surface area contributed by atoms with Gasteiger partial charge in [-0.25, -0.2) is 5.01 Å². The summed E-state index contributed by atoms with van der Waals surface area (Å²) in [4.78, 5) is 19.2. The van der Waals surface area contributed by atoms with Gasteiger partial charge >= 0.3 is 0 Å². The van der Waals surface area contributed by atoms with E-state index in [4.69, 9.17) is 11.6 Å². The third-order valence-electron chi connectivity index (χ3n) is 5.33. The fourth-order valence-corrected chi connectivity index (χ4v) is 4.90. The van der Waals surface area contributed by atoms with E-state index in [1.807, 2.05) is 60.7 Å². The van der Waals surface area contributed by atoms with Crippen molar-refractivity contribution in [2.24, 2.45) is 5.10 Å². The summed E-state index contributed by atoms with van der Waals surface area (Å²) in [6, 6.07) is 21.7. The number of nitrogens with zero attached hydrogens (tertiary/aromatic N) is 3. The first-order valence-corrected chi connectivity index (χ1v) is 11.2. The molecule has 2 aromatic heterocycles. The number of phenolic OH excluding ortho intramolecular Hbond substituents is 1. The number of para-hydroxylation sites is 1. The lowest BCUT2D eigenvalue weighted by molar-refractivity contribution is 0.0714. The van der Waals surface area contributed by atoms with Gasteiger partial charge < -0.3 is 5.11 Å². The van der Waals surface area contributed by atoms with Gasteiger partial charge in [0.1, 0.15) is 5.75 Å². The van der Waals surface area contributed by atoms with E-state index >= 15 is 0 Å². The number of halogens is 1. The number of hydrogen-bond donors (Lipinski definition) is 1. The van der Waals surface area contributed by atoms with Crippen LogP contribution in [0.4, 0.5) is 0 Å². The number of pyridine rings is 1. The van der Waals surface area contributed by atoms with Crippen LogP contribution in [-0.4, -0.2) is 26.7 Å². The fourth-order valence-electron chi connectivity index (χ4n) is 3.78. The largest absolute Gasteiger partial charge is 0.508 e. The third-order valence-corrected chi connectivity index (χ3v) is 6.69. The molecule has 1 aliphatic heterocycles. The summed E-state index contributed by atoms with van der Waals surface area (Å²) in [5.41, 5.74) is 3.23. The highest BCUT2D eigenvalue weighted by Gasteiger charge is 2.35. The lowest BCUT2D eigenvalue weighted by Gasteiger charge is -2.22. The number of aromatic nitrogens is 1. The number of aromatic hydroxyl groups is 1. The van der Waals surface area contributed by atoms with Gasteiger partial charge in [0.25, 0.3) is 5.91 Å². The molecule has 0 spiro atoms. The van der Waals surface area contributed by atoms with Crippen molar-refractivity contribution < 1.29 is 9.90 Å². The van der Waals surface area contributed by atoms with E-state index in [-0.39, 0.29) is 11.7 Å². The van der Waals surface area contributed by atoms with Gasteiger partial charge in [0.15, 0.2) is 0 Å². The Hall–Kier alpha value is -3.48. The number of phenols is 1. The number of hydrogen-bond acceptors (Lipinski definition) is 5. The molecule has 7 heteroatoms. The molecule has 0 radical (unpaired) electrons. The van der Waals surface area contributed by atoms with Gasteiger partial charge in [-0.1, -0.05) is 48.0 Å². The second-order valence-corrected chi connectivity index (χ2v) is 8.91. The van der Waals surface area contributed by atoms with Crippen molar-refractivity contribution in [3.05, 3.63) is 106 Å². The van der Waals surface area contributed by atoms with E-state index in [0.29, 0.717) is 21.9 Å². The molecule has 1 unspecified atom stereocenters. The molecule has 32 heavy (non-hydrogen) atoms. The second-order valence-electron chi connectivity index (χ2n) is 7.39. The van der Waals surface area contributed by atoms with E-state index in [0.717, 1.165) is 21.7 Å². The van der Waals surface area contributed by atoms with Gasteiger partial charge in [0.2, 0.25) is 0 Å². The molecule has 2 aromatic carbocycles. The van der Waals surface area contributed by atoms with Crippen molar-refractivity contribution in [3.63, 3.8) is 0 Å². The van der Waals surface area contributed by atoms with Gasteiger partial charge in [-0.3, -0.25) is 9.78 Å². The molecule has 1 amide bonds. The zero-order valence-corrected chi connectivity index (χ0v) is 18.4. The molecule has 5 nitrogen and oxygen atoms in total. The van der Waals surface area contributed by atoms with Crippen LogP contribution >= 0.6 is 22.9 Å². The zero-order chi connectivity index (χ0) is 22.1. The molecule has 3 heterocycles. The Morgan fingerprint density at radius 1 is 1.03 bits per heavy atom. The highest BCUT2D eigenvalue weighted by atomic mass is 35.5. The molecule has 158 valence electrons. The van der Waals surface area contributed by atoms with E-state index in [1.54, 1.807) is 24.5 Å². The van der Waals surface area contributed by atoms with Crippen LogP contribution in [0.3, 0.4) is 0 Å². The fraction of sp³-hybridized carbons (Fsp3) is 0.0800. The predicted molar refractivity (Wildman–Crippen MR) is 127 cm³/mol. The lowest BCUT2D eigenvalue weighted by Crippen LogP contribution is -2.26. The van der Waals surface area contributed by atoms with Crippen molar-refractivity contribution in [3.8, 4) is 16.2 Å². The molecule has 0 bridgehead atoms. The van der Waals surface area contributed by atoms with Crippen LogP contribution in [0.5, 0.6) is 5.75 Å². The van der Waals surface area contributed by atoms with Crippen molar-refractivity contribution >= 4 is 34.6 Å². The van der Waals surface area contributed by atoms with Crippen molar-refractivity contribution in [2.45, 2.75) is 12.5 Å². The Labute approximate surface area is 194 Å². The smallest absolute Gasteiger partial charge is 0.284 e. The maximum absolute atomic E-state index is 13.5. The number of amides is 1. The molecule has 1 N–H and O–H groups in total. The molecule has 0 saturated carbocycles. The Bertz CT molecular complexity index is 1320. The van der Waals surface area contributed by atoms with Gasteiger partial charge in [0.05, 0.1) is 16.6 Å². The summed E-state index contributed by atoms with van der Waals surface area (Å²) in [7, 11) is 0. The number of hydrazone groups is 1. The molecule has 1 aliphatic rings. The Morgan fingerprint density at radius 3 is 2.66 bits per heavy atom. The minimum Gasteiger partial charge on any atom is -0.508 e. The summed E-state index contributed by atoms with van der Waals surface area (Å²) in [5, 5.41) is 17.3. The second kappa shape index (κ2) is 8.57. The lowest BCUT2D eigenvalue weighted by atomic mass is 9.98. The summed E-state index contributed by atoms with van der Waals surface area (Å²) in [6.45, 7) is 0. The summed E-state index contributed by atoms with van der Waals surface area (Å²) < 4.78 is 0. The van der Waals surface area contributed by atoms with Crippen LogP contribution in [-0.2, 0) is 0 Å². The van der Waals surface area contributed by atoms with Crippen LogP contribution < -0.4 is 0 Å². The van der Waals surface area contributed by atoms with Gasteiger partial charge in [-0.15, -0.1) is 11.3 Å². The molecule has 0 fully saturated rings. The summed E-state index contributed by atoms with van der Waals surface area (Å²) >= 11 is 7.52. The standard InChI is InChI=1S/C25H18ClN3O2S/c26-18-7-3-5-16(13-18)23-10-11-24(32-23)25(31)29-21(19-8-1-2-9-22(19)30)14-20(28-29)17-6-4-12-27-15-17/h1-13,15,21,30H,14H2. The molecular weight excluding hydrogens is 442 g/mol. The summed E-state index contributed by atoms with van der Waals surface area (Å²) in [5.74, 6) is -0.0702. The highest BCUT2D eigenvalue weighted by Crippen LogP contribution is 2.39. The molecule has 0 saturated heterocycles. The molecule has 1 atom stereocenters. The quantitative estimate of drug-likeness (QED) is 0.397. The topological polar surface area (TPSA) is 65.8 Å². The number of carbonyl (C=O) groups excluding carboxylic acids is 1. The zero-order valence-electron chi connectivity index (χ0n) is 16.9. The maximum atomic E-state index is 13.5. The maximum Gasteiger partial charge on any atom is 0.284 e. The van der Waals surface area contributed by atoms with Gasteiger partial charge in [-0.05, 0) is 42.0 Å². The number of rotatable bonds is 4. The van der Waals surface area contributed by atoms with Crippen LogP contribution in [0.1, 0.15) is 33.3 Å².